The van der Waals surface area contributed by atoms with E-state index in [0.29, 0.717) is 12.0 Å². The number of benzene rings is 4. The monoisotopic (exact) mass is 447 g/mol. The molecular formula is C30H25NO3. The second-order valence-electron chi connectivity index (χ2n) is 9.05. The highest BCUT2D eigenvalue weighted by molar-refractivity contribution is 5.92. The number of para-hydroxylation sites is 1. The van der Waals surface area contributed by atoms with Gasteiger partial charge in [-0.1, -0.05) is 97.1 Å². The van der Waals surface area contributed by atoms with E-state index in [2.05, 4.69) is 41.7 Å². The minimum Gasteiger partial charge on any atom is -0.453 e. The molecule has 4 aromatic carbocycles. The molecule has 4 nitrogen and oxygen atoms in total. The first-order chi connectivity index (χ1) is 16.6. The number of carbonyl (C=O) groups is 1. The minimum absolute atomic E-state index is 0.317. The molecule has 0 aliphatic carbocycles. The van der Waals surface area contributed by atoms with Crippen LogP contribution in [0.4, 0.5) is 5.69 Å². The Kier molecular flexibility index (Phi) is 4.78. The van der Waals surface area contributed by atoms with E-state index in [-0.39, 0.29) is 5.97 Å². The van der Waals surface area contributed by atoms with Crippen LogP contribution in [0.1, 0.15) is 39.5 Å². The predicted octanol–water partition coefficient (Wildman–Crippen LogP) is 5.92. The van der Waals surface area contributed by atoms with Gasteiger partial charge in [0.05, 0.1) is 5.56 Å². The summed E-state index contributed by atoms with van der Waals surface area (Å²) in [5, 5.41) is 3.59. The summed E-state index contributed by atoms with van der Waals surface area (Å²) in [6.45, 7) is 1.98. The standard InChI is InChI=1S/C30H25NO3/c1-29(27-20-21-12-8-9-17-24(21)28(32)33-27)31-26-19-11-10-18-25(26)30(34-29,22-13-4-2-5-14-22)23-15-6-3-7-16-23/h2-19,27,31H,20H2,1H3/t27-,29+/m0/s1. The van der Waals surface area contributed by atoms with Gasteiger partial charge in [-0.15, -0.1) is 0 Å². The van der Waals surface area contributed by atoms with Gasteiger partial charge >= 0.3 is 5.97 Å². The van der Waals surface area contributed by atoms with Gasteiger partial charge < -0.3 is 14.8 Å². The molecule has 0 spiro atoms. The lowest BCUT2D eigenvalue weighted by atomic mass is 9.77. The van der Waals surface area contributed by atoms with Gasteiger partial charge in [0.25, 0.3) is 0 Å². The van der Waals surface area contributed by atoms with Crippen LogP contribution in [0.5, 0.6) is 0 Å². The maximum Gasteiger partial charge on any atom is 0.338 e. The van der Waals surface area contributed by atoms with E-state index in [4.69, 9.17) is 9.47 Å². The third kappa shape index (κ3) is 3.14. The van der Waals surface area contributed by atoms with Crippen molar-refractivity contribution in [3.63, 3.8) is 0 Å². The molecule has 0 aromatic heterocycles. The molecule has 2 aliphatic rings. The Labute approximate surface area is 199 Å². The molecule has 1 N–H and O–H groups in total. The number of nitrogens with one attached hydrogen (secondary N) is 1. The van der Waals surface area contributed by atoms with Crippen molar-refractivity contribution in [3.8, 4) is 0 Å². The van der Waals surface area contributed by atoms with Crippen LogP contribution < -0.4 is 5.32 Å². The molecule has 4 aromatic rings. The van der Waals surface area contributed by atoms with Gasteiger partial charge in [0, 0.05) is 17.7 Å². The van der Waals surface area contributed by atoms with Crippen molar-refractivity contribution in [1.82, 2.24) is 0 Å². The fraction of sp³-hybridized carbons (Fsp3) is 0.167. The Morgan fingerprint density at radius 1 is 0.765 bits per heavy atom. The van der Waals surface area contributed by atoms with Crippen molar-refractivity contribution in [2.24, 2.45) is 0 Å². The fourth-order valence-corrected chi connectivity index (χ4v) is 5.29. The molecular weight excluding hydrogens is 422 g/mol. The molecule has 2 heterocycles. The van der Waals surface area contributed by atoms with E-state index in [9.17, 15) is 4.79 Å². The quantitative estimate of drug-likeness (QED) is 0.396. The number of esters is 1. The highest BCUT2D eigenvalue weighted by atomic mass is 16.6. The number of fused-ring (bicyclic) bond motifs is 2. The number of hydrogen-bond donors (Lipinski definition) is 1. The summed E-state index contributed by atoms with van der Waals surface area (Å²) in [7, 11) is 0. The van der Waals surface area contributed by atoms with Gasteiger partial charge in [0.1, 0.15) is 5.60 Å². The molecule has 0 unspecified atom stereocenters. The van der Waals surface area contributed by atoms with Crippen molar-refractivity contribution < 1.29 is 14.3 Å². The van der Waals surface area contributed by atoms with Crippen LogP contribution in [0.15, 0.2) is 109 Å². The third-order valence-electron chi connectivity index (χ3n) is 6.92. The fourth-order valence-electron chi connectivity index (χ4n) is 5.29. The van der Waals surface area contributed by atoms with E-state index in [1.54, 1.807) is 0 Å². The van der Waals surface area contributed by atoms with E-state index in [0.717, 1.165) is 27.9 Å². The summed E-state index contributed by atoms with van der Waals surface area (Å²) in [6, 6.07) is 36.4. The highest BCUT2D eigenvalue weighted by Crippen LogP contribution is 2.51. The minimum atomic E-state index is -0.983. The van der Waals surface area contributed by atoms with Gasteiger partial charge in [0.2, 0.25) is 0 Å². The molecule has 168 valence electrons. The van der Waals surface area contributed by atoms with Crippen LogP contribution in [-0.4, -0.2) is 17.8 Å². The number of hydrogen-bond acceptors (Lipinski definition) is 4. The molecule has 4 heteroatoms. The first-order valence-corrected chi connectivity index (χ1v) is 11.6. The lowest BCUT2D eigenvalue weighted by Gasteiger charge is -2.52. The molecule has 34 heavy (non-hydrogen) atoms. The second-order valence-corrected chi connectivity index (χ2v) is 9.05. The highest BCUT2D eigenvalue weighted by Gasteiger charge is 2.53. The molecule has 0 fully saturated rings. The van der Waals surface area contributed by atoms with E-state index in [1.807, 2.05) is 79.7 Å². The summed E-state index contributed by atoms with van der Waals surface area (Å²) < 4.78 is 13.2. The second kappa shape index (κ2) is 7.86. The van der Waals surface area contributed by atoms with Crippen LogP contribution >= 0.6 is 0 Å². The van der Waals surface area contributed by atoms with Gasteiger partial charge in [0.15, 0.2) is 11.8 Å². The number of anilines is 1. The molecule has 0 saturated carbocycles. The summed E-state index contributed by atoms with van der Waals surface area (Å²) in [5.74, 6) is -0.317. The first kappa shape index (κ1) is 20.7. The average Bonchev–Trinajstić information content (AvgIpc) is 2.89. The third-order valence-corrected chi connectivity index (χ3v) is 6.92. The van der Waals surface area contributed by atoms with Crippen molar-refractivity contribution in [2.75, 3.05) is 5.32 Å². The zero-order chi connectivity index (χ0) is 23.2. The summed E-state index contributed by atoms with van der Waals surface area (Å²) in [4.78, 5) is 12.9. The Bertz CT molecular complexity index is 1310. The van der Waals surface area contributed by atoms with Crippen molar-refractivity contribution >= 4 is 11.7 Å². The largest absolute Gasteiger partial charge is 0.453 e. The number of rotatable bonds is 3. The molecule has 0 saturated heterocycles. The van der Waals surface area contributed by atoms with Crippen LogP contribution in [0.25, 0.3) is 0 Å². The normalized spacial score (nSPS) is 22.6. The predicted molar refractivity (Wildman–Crippen MR) is 132 cm³/mol. The Morgan fingerprint density at radius 3 is 2.06 bits per heavy atom. The molecule has 2 aliphatic heterocycles. The Morgan fingerprint density at radius 2 is 1.35 bits per heavy atom. The lowest BCUT2D eigenvalue weighted by molar-refractivity contribution is -0.161. The molecule has 2 atom stereocenters. The van der Waals surface area contributed by atoms with Crippen LogP contribution in [0.2, 0.25) is 0 Å². The maximum atomic E-state index is 12.9. The Hall–Kier alpha value is -3.89. The summed E-state index contributed by atoms with van der Waals surface area (Å²) in [6.07, 6.45) is 0.0443. The van der Waals surface area contributed by atoms with Gasteiger partial charge in [-0.3, -0.25) is 0 Å². The van der Waals surface area contributed by atoms with E-state index < -0.39 is 17.4 Å². The molecule has 6 rings (SSSR count). The lowest BCUT2D eigenvalue weighted by Crippen LogP contribution is -2.60. The molecule has 0 bridgehead atoms. The van der Waals surface area contributed by atoms with E-state index >= 15 is 0 Å². The zero-order valence-electron chi connectivity index (χ0n) is 18.9. The smallest absolute Gasteiger partial charge is 0.338 e. The average molecular weight is 448 g/mol. The number of cyclic esters (lactones) is 1. The summed E-state index contributed by atoms with van der Waals surface area (Å²) >= 11 is 0. The topological polar surface area (TPSA) is 47.6 Å². The SMILES string of the molecule is C[C@@]1([C@@H]2Cc3ccccc3C(=O)O2)Nc2ccccc2C(c2ccccc2)(c2ccccc2)O1. The Balaban J connectivity index is 1.55. The van der Waals surface area contributed by atoms with Gasteiger partial charge in [-0.05, 0) is 35.7 Å². The van der Waals surface area contributed by atoms with Crippen molar-refractivity contribution in [2.45, 2.75) is 30.8 Å². The van der Waals surface area contributed by atoms with Gasteiger partial charge in [-0.25, -0.2) is 4.79 Å². The number of ether oxygens (including phenoxy) is 2. The van der Waals surface area contributed by atoms with Crippen LogP contribution in [0.3, 0.4) is 0 Å². The molecule has 0 amide bonds. The van der Waals surface area contributed by atoms with Crippen LogP contribution in [0, 0.1) is 0 Å². The maximum absolute atomic E-state index is 12.9. The van der Waals surface area contributed by atoms with Crippen LogP contribution in [-0.2, 0) is 21.5 Å². The van der Waals surface area contributed by atoms with Crippen molar-refractivity contribution in [3.05, 3.63) is 137 Å². The van der Waals surface area contributed by atoms with Crippen molar-refractivity contribution in [1.29, 1.82) is 0 Å². The zero-order valence-corrected chi connectivity index (χ0v) is 18.9. The van der Waals surface area contributed by atoms with E-state index in [1.165, 1.54) is 0 Å². The summed E-state index contributed by atoms with van der Waals surface area (Å²) in [5.41, 5.74) is 3.74. The van der Waals surface area contributed by atoms with Gasteiger partial charge in [-0.2, -0.15) is 0 Å². The first-order valence-electron chi connectivity index (χ1n) is 11.6. The number of carbonyl (C=O) groups excluding carboxylic acids is 1. The molecule has 0 radical (unpaired) electrons.